The maximum Gasteiger partial charge on any atom is 0.252 e. The average molecular weight is 361 g/mol. The van der Waals surface area contributed by atoms with E-state index in [1.54, 1.807) is 12.1 Å². The smallest absolute Gasteiger partial charge is 0.252 e. The van der Waals surface area contributed by atoms with Crippen LogP contribution in [0.1, 0.15) is 87.4 Å². The van der Waals surface area contributed by atoms with Crippen LogP contribution in [0.2, 0.25) is 0 Å². The SMILES string of the molecule is C1CCCC(C2CCCCCCN2)CCC1.NC(=O)c1ccccc1O. The first kappa shape index (κ1) is 20.8. The molecule has 1 atom stereocenters. The minimum atomic E-state index is -0.613. The first-order valence-electron chi connectivity index (χ1n) is 10.5. The van der Waals surface area contributed by atoms with Crippen LogP contribution >= 0.6 is 0 Å². The van der Waals surface area contributed by atoms with Crippen molar-refractivity contribution in [2.45, 2.75) is 83.1 Å². The Kier molecular flexibility index (Phi) is 9.54. The lowest BCUT2D eigenvalue weighted by Gasteiger charge is -2.31. The molecule has 4 nitrogen and oxygen atoms in total. The molecule has 4 heteroatoms. The number of primary amides is 1. The van der Waals surface area contributed by atoms with Gasteiger partial charge in [0.05, 0.1) is 5.56 Å². The summed E-state index contributed by atoms with van der Waals surface area (Å²) in [5.74, 6) is 0.312. The fraction of sp³-hybridized carbons (Fsp3) is 0.682. The molecule has 4 N–H and O–H groups in total. The Hall–Kier alpha value is -1.55. The van der Waals surface area contributed by atoms with Gasteiger partial charge in [-0.1, -0.05) is 63.5 Å². The minimum absolute atomic E-state index is 0.0741. The molecule has 1 aromatic rings. The molecule has 1 aliphatic heterocycles. The monoisotopic (exact) mass is 360 g/mol. The second-order valence-electron chi connectivity index (χ2n) is 7.75. The fourth-order valence-electron chi connectivity index (χ4n) is 4.21. The van der Waals surface area contributed by atoms with Crippen molar-refractivity contribution in [2.24, 2.45) is 11.7 Å². The number of benzene rings is 1. The predicted molar refractivity (Wildman–Crippen MR) is 107 cm³/mol. The lowest BCUT2D eigenvalue weighted by Crippen LogP contribution is -2.38. The van der Waals surface area contributed by atoms with E-state index in [-0.39, 0.29) is 11.3 Å². The van der Waals surface area contributed by atoms with Crippen molar-refractivity contribution in [1.29, 1.82) is 0 Å². The van der Waals surface area contributed by atoms with Crippen molar-refractivity contribution in [3.8, 4) is 5.75 Å². The average Bonchev–Trinajstić information content (AvgIpc) is 2.56. The first-order valence-corrected chi connectivity index (χ1v) is 10.5. The molecule has 0 bridgehead atoms. The Morgan fingerprint density at radius 1 is 0.885 bits per heavy atom. The van der Waals surface area contributed by atoms with Crippen LogP contribution in [0.5, 0.6) is 5.75 Å². The number of carbonyl (C=O) groups excluding carboxylic acids is 1. The Labute approximate surface area is 158 Å². The van der Waals surface area contributed by atoms with E-state index in [9.17, 15) is 4.79 Å². The van der Waals surface area contributed by atoms with Crippen molar-refractivity contribution < 1.29 is 9.90 Å². The molecule has 1 aromatic carbocycles. The second-order valence-corrected chi connectivity index (χ2v) is 7.75. The van der Waals surface area contributed by atoms with Gasteiger partial charge in [0, 0.05) is 6.04 Å². The molecule has 1 saturated carbocycles. The zero-order valence-electron chi connectivity index (χ0n) is 16.1. The van der Waals surface area contributed by atoms with Crippen LogP contribution in [-0.4, -0.2) is 23.6 Å². The van der Waals surface area contributed by atoms with Crippen LogP contribution < -0.4 is 11.1 Å². The normalized spacial score (nSPS) is 22.7. The van der Waals surface area contributed by atoms with Gasteiger partial charge in [0.15, 0.2) is 0 Å². The van der Waals surface area contributed by atoms with Gasteiger partial charge in [0.1, 0.15) is 5.75 Å². The summed E-state index contributed by atoms with van der Waals surface area (Å²) in [6.07, 6.45) is 17.7. The maximum absolute atomic E-state index is 10.5. The number of nitrogens with one attached hydrogen (secondary N) is 1. The van der Waals surface area contributed by atoms with Crippen LogP contribution in [0.15, 0.2) is 24.3 Å². The van der Waals surface area contributed by atoms with E-state index in [4.69, 9.17) is 10.8 Å². The van der Waals surface area contributed by atoms with Gasteiger partial charge < -0.3 is 16.2 Å². The highest BCUT2D eigenvalue weighted by molar-refractivity contribution is 5.95. The van der Waals surface area contributed by atoms with Crippen LogP contribution in [0.4, 0.5) is 0 Å². The van der Waals surface area contributed by atoms with E-state index in [2.05, 4.69) is 5.32 Å². The van der Waals surface area contributed by atoms with Gasteiger partial charge in [-0.05, 0) is 50.3 Å². The molecule has 2 fully saturated rings. The summed E-state index contributed by atoms with van der Waals surface area (Å²) in [6.45, 7) is 1.28. The van der Waals surface area contributed by atoms with Gasteiger partial charge in [-0.3, -0.25) is 4.79 Å². The summed E-state index contributed by atoms with van der Waals surface area (Å²) >= 11 is 0. The maximum atomic E-state index is 10.5. The molecule has 1 saturated heterocycles. The molecule has 1 unspecified atom stereocenters. The molecule has 146 valence electrons. The van der Waals surface area contributed by atoms with Crippen LogP contribution in [0.25, 0.3) is 0 Å². The predicted octanol–water partition coefficient (Wildman–Crippen LogP) is 4.76. The molecule has 2 aliphatic rings. The Bertz CT molecular complexity index is 497. The topological polar surface area (TPSA) is 75.3 Å². The number of rotatable bonds is 2. The zero-order valence-corrected chi connectivity index (χ0v) is 16.1. The van der Waals surface area contributed by atoms with Crippen LogP contribution in [0.3, 0.4) is 0 Å². The molecule has 0 spiro atoms. The summed E-state index contributed by atoms with van der Waals surface area (Å²) in [7, 11) is 0. The minimum Gasteiger partial charge on any atom is -0.507 e. The van der Waals surface area contributed by atoms with Gasteiger partial charge >= 0.3 is 0 Å². The van der Waals surface area contributed by atoms with Gasteiger partial charge in [-0.15, -0.1) is 0 Å². The van der Waals surface area contributed by atoms with E-state index < -0.39 is 5.91 Å². The lowest BCUT2D eigenvalue weighted by molar-refractivity contribution is 0.0998. The van der Waals surface area contributed by atoms with Crippen molar-refractivity contribution in [2.75, 3.05) is 6.54 Å². The third kappa shape index (κ3) is 7.36. The van der Waals surface area contributed by atoms with E-state index in [1.165, 1.54) is 95.7 Å². The van der Waals surface area contributed by atoms with E-state index in [0.717, 1.165) is 12.0 Å². The largest absolute Gasteiger partial charge is 0.507 e. The third-order valence-electron chi connectivity index (χ3n) is 5.74. The summed E-state index contributed by atoms with van der Waals surface area (Å²) in [4.78, 5) is 10.5. The highest BCUT2D eigenvalue weighted by Crippen LogP contribution is 2.28. The summed E-state index contributed by atoms with van der Waals surface area (Å²) in [5, 5.41) is 12.8. The first-order chi connectivity index (χ1) is 12.7. The summed E-state index contributed by atoms with van der Waals surface area (Å²) in [5.41, 5.74) is 5.07. The highest BCUT2D eigenvalue weighted by Gasteiger charge is 2.21. The molecular weight excluding hydrogens is 324 g/mol. The van der Waals surface area contributed by atoms with Gasteiger partial charge in [0.25, 0.3) is 5.91 Å². The molecule has 0 radical (unpaired) electrons. The molecule has 3 rings (SSSR count). The Morgan fingerprint density at radius 2 is 1.46 bits per heavy atom. The Morgan fingerprint density at radius 3 is 2.08 bits per heavy atom. The van der Waals surface area contributed by atoms with E-state index in [1.807, 2.05) is 0 Å². The van der Waals surface area contributed by atoms with Crippen molar-refractivity contribution in [3.63, 3.8) is 0 Å². The van der Waals surface area contributed by atoms with Crippen LogP contribution in [-0.2, 0) is 0 Å². The third-order valence-corrected chi connectivity index (χ3v) is 5.74. The molecular formula is C22H36N2O2. The second kappa shape index (κ2) is 11.9. The zero-order chi connectivity index (χ0) is 18.6. The standard InChI is InChI=1S/C15H29N.C7H7NO2/c1-2-6-10-14(11-7-3-1)15-12-8-4-5-9-13-16-15;8-7(10)5-3-1-2-4-6(5)9/h14-16H,1-13H2;1-4,9H,(H2,8,10). The van der Waals surface area contributed by atoms with Crippen LogP contribution in [0, 0.1) is 5.92 Å². The number of phenols is 1. The molecule has 26 heavy (non-hydrogen) atoms. The molecule has 0 aromatic heterocycles. The lowest BCUT2D eigenvalue weighted by atomic mass is 9.83. The van der Waals surface area contributed by atoms with Gasteiger partial charge in [-0.25, -0.2) is 0 Å². The number of hydrogen-bond acceptors (Lipinski definition) is 3. The number of para-hydroxylation sites is 1. The van der Waals surface area contributed by atoms with E-state index >= 15 is 0 Å². The van der Waals surface area contributed by atoms with Crippen molar-refractivity contribution in [1.82, 2.24) is 5.32 Å². The quantitative estimate of drug-likeness (QED) is 0.712. The number of aromatic hydroxyl groups is 1. The van der Waals surface area contributed by atoms with Gasteiger partial charge in [0.2, 0.25) is 0 Å². The number of amides is 1. The summed E-state index contributed by atoms with van der Waals surface area (Å²) < 4.78 is 0. The van der Waals surface area contributed by atoms with Crippen molar-refractivity contribution >= 4 is 5.91 Å². The summed E-state index contributed by atoms with van der Waals surface area (Å²) in [6, 6.07) is 7.01. The number of hydrogen-bond donors (Lipinski definition) is 3. The fourth-order valence-corrected chi connectivity index (χ4v) is 4.21. The Balaban J connectivity index is 0.000000209. The molecule has 1 amide bonds. The number of nitrogens with two attached hydrogens (primary N) is 1. The highest BCUT2D eigenvalue weighted by atomic mass is 16.3. The molecule has 1 aliphatic carbocycles. The molecule has 1 heterocycles. The van der Waals surface area contributed by atoms with E-state index in [0.29, 0.717) is 0 Å². The van der Waals surface area contributed by atoms with Gasteiger partial charge in [-0.2, -0.15) is 0 Å². The number of carbonyl (C=O) groups is 1. The van der Waals surface area contributed by atoms with Crippen molar-refractivity contribution in [3.05, 3.63) is 29.8 Å².